The molecular weight excluding hydrogens is 128 g/mol. The van der Waals surface area contributed by atoms with Gasteiger partial charge in [0, 0.05) is 0 Å². The maximum absolute atomic E-state index is 9.21. The zero-order valence-corrected chi connectivity index (χ0v) is 5.12. The van der Waals surface area contributed by atoms with Gasteiger partial charge in [0.05, 0.1) is 0 Å². The lowest BCUT2D eigenvalue weighted by atomic mass is 11.0. The Balaban J connectivity index is 0. The van der Waals surface area contributed by atoms with Crippen molar-refractivity contribution in [1.82, 2.24) is 0 Å². The molecule has 0 radical (unpaired) electrons. The molecule has 0 atom stereocenters. The molecule has 0 heterocycles. The molecule has 0 aromatic heterocycles. The summed E-state index contributed by atoms with van der Waals surface area (Å²) in [4.78, 5) is 18.4. The Bertz CT molecular complexity index is 85.1. The maximum atomic E-state index is 9.21. The summed E-state index contributed by atoms with van der Waals surface area (Å²) in [6, 6.07) is 0. The predicted molar refractivity (Wildman–Crippen MR) is 28.5 cm³/mol. The predicted octanol–water partition coefficient (Wildman–Crippen LogP) is 1.39. The molecule has 0 aliphatic rings. The molecule has 0 aromatic rings. The van der Waals surface area contributed by atoms with Crippen LogP contribution in [0.15, 0.2) is 0 Å². The van der Waals surface area contributed by atoms with Crippen LogP contribution in [0.25, 0.3) is 0 Å². The molecule has 0 saturated carbocycles. The van der Waals surface area contributed by atoms with Crippen molar-refractivity contribution < 1.29 is 24.5 Å². The molecule has 9 heavy (non-hydrogen) atoms. The molecule has 0 spiro atoms. The Hall–Kier alpha value is -1.26. The van der Waals surface area contributed by atoms with E-state index in [1.807, 2.05) is 13.8 Å². The first-order valence-electron chi connectivity index (χ1n) is 2.26. The zero-order valence-electron chi connectivity index (χ0n) is 5.12. The van der Waals surface area contributed by atoms with E-state index in [0.29, 0.717) is 0 Å². The molecular formula is C4H8O5. The average molecular weight is 136 g/mol. The molecule has 0 aliphatic heterocycles. The Morgan fingerprint density at radius 2 is 1.33 bits per heavy atom. The largest absolute Gasteiger partial charge is 0.516 e. The van der Waals surface area contributed by atoms with Gasteiger partial charge in [0.2, 0.25) is 0 Å². The highest BCUT2D eigenvalue weighted by molar-refractivity contribution is 5.74. The summed E-state index contributed by atoms with van der Waals surface area (Å²) in [6.45, 7) is 4.00. The fourth-order valence-electron chi connectivity index (χ4n) is 0.0747. The fraction of sp³-hybridized carbons (Fsp3) is 0.500. The van der Waals surface area contributed by atoms with E-state index >= 15 is 0 Å². The summed E-state index contributed by atoms with van der Waals surface area (Å²) in [5.41, 5.74) is 0. The molecule has 0 aliphatic carbocycles. The quantitative estimate of drug-likeness (QED) is 0.388. The van der Waals surface area contributed by atoms with Gasteiger partial charge in [-0.1, -0.05) is 13.8 Å². The molecule has 54 valence electrons. The van der Waals surface area contributed by atoms with Crippen molar-refractivity contribution in [2.24, 2.45) is 0 Å². The number of hydrogen-bond acceptors (Lipinski definition) is 3. The molecule has 0 amide bonds. The molecule has 0 rings (SSSR count). The standard InChI is InChI=1S/C2H2O5.C2H6/c3-1(4)7-2(5)6;1-2/h(H,3,4)(H,5,6);1-2H3. The molecule has 2 N–H and O–H groups in total. The van der Waals surface area contributed by atoms with Crippen LogP contribution < -0.4 is 0 Å². The van der Waals surface area contributed by atoms with Crippen LogP contribution in [0.5, 0.6) is 0 Å². The van der Waals surface area contributed by atoms with Gasteiger partial charge >= 0.3 is 12.3 Å². The maximum Gasteiger partial charge on any atom is 0.516 e. The number of carbonyl (C=O) groups is 2. The minimum atomic E-state index is -1.81. The van der Waals surface area contributed by atoms with Crippen LogP contribution >= 0.6 is 0 Å². The van der Waals surface area contributed by atoms with E-state index in [2.05, 4.69) is 4.74 Å². The third-order valence-corrected chi connectivity index (χ3v) is 0.175. The third kappa shape index (κ3) is 20.2. The van der Waals surface area contributed by atoms with Gasteiger partial charge in [0.15, 0.2) is 0 Å². The van der Waals surface area contributed by atoms with Crippen molar-refractivity contribution >= 4 is 12.3 Å². The van der Waals surface area contributed by atoms with E-state index in [4.69, 9.17) is 10.2 Å². The lowest BCUT2D eigenvalue weighted by Gasteiger charge is -1.84. The van der Waals surface area contributed by atoms with Crippen molar-refractivity contribution in [2.75, 3.05) is 0 Å². The first-order chi connectivity index (χ1) is 4.13. The minimum Gasteiger partial charge on any atom is -0.449 e. The number of carboxylic acid groups (broad SMARTS) is 2. The highest BCUT2D eigenvalue weighted by Gasteiger charge is 2.01. The Morgan fingerprint density at radius 1 is 1.11 bits per heavy atom. The summed E-state index contributed by atoms with van der Waals surface area (Å²) in [6.07, 6.45) is -3.62. The van der Waals surface area contributed by atoms with Gasteiger partial charge in [-0.2, -0.15) is 0 Å². The van der Waals surface area contributed by atoms with E-state index < -0.39 is 12.3 Å². The lowest BCUT2D eigenvalue weighted by Crippen LogP contribution is -2.05. The Labute approximate surface area is 51.9 Å². The normalized spacial score (nSPS) is 6.44. The first kappa shape index (κ1) is 10.7. The average Bonchev–Trinajstić information content (AvgIpc) is 1.68. The second-order valence-electron chi connectivity index (χ2n) is 0.634. The minimum absolute atomic E-state index is 1.81. The van der Waals surface area contributed by atoms with Crippen molar-refractivity contribution in [3.63, 3.8) is 0 Å². The Morgan fingerprint density at radius 3 is 1.33 bits per heavy atom. The molecule has 5 nitrogen and oxygen atoms in total. The van der Waals surface area contributed by atoms with Gasteiger partial charge in [-0.15, -0.1) is 0 Å². The van der Waals surface area contributed by atoms with Crippen LogP contribution in [0.3, 0.4) is 0 Å². The second-order valence-corrected chi connectivity index (χ2v) is 0.634. The van der Waals surface area contributed by atoms with Crippen LogP contribution in [0.2, 0.25) is 0 Å². The van der Waals surface area contributed by atoms with Gasteiger partial charge < -0.3 is 14.9 Å². The molecule has 0 unspecified atom stereocenters. The summed E-state index contributed by atoms with van der Waals surface area (Å²) in [7, 11) is 0. The summed E-state index contributed by atoms with van der Waals surface area (Å²) < 4.78 is 3.08. The summed E-state index contributed by atoms with van der Waals surface area (Å²) in [5.74, 6) is 0. The molecule has 0 saturated heterocycles. The number of ether oxygens (including phenoxy) is 1. The topological polar surface area (TPSA) is 83.8 Å². The van der Waals surface area contributed by atoms with Crippen LogP contribution in [0.4, 0.5) is 9.59 Å². The van der Waals surface area contributed by atoms with E-state index in [0.717, 1.165) is 0 Å². The number of hydrogen-bond donors (Lipinski definition) is 2. The smallest absolute Gasteiger partial charge is 0.449 e. The second kappa shape index (κ2) is 6.74. The molecule has 0 bridgehead atoms. The summed E-state index contributed by atoms with van der Waals surface area (Å²) >= 11 is 0. The van der Waals surface area contributed by atoms with Gasteiger partial charge in [-0.05, 0) is 0 Å². The van der Waals surface area contributed by atoms with Crippen molar-refractivity contribution in [3.05, 3.63) is 0 Å². The number of rotatable bonds is 0. The summed E-state index contributed by atoms with van der Waals surface area (Å²) in [5, 5.41) is 15.0. The van der Waals surface area contributed by atoms with Gasteiger partial charge in [0.25, 0.3) is 0 Å². The highest BCUT2D eigenvalue weighted by atomic mass is 16.7. The van der Waals surface area contributed by atoms with Crippen LogP contribution in [0, 0.1) is 0 Å². The monoisotopic (exact) mass is 136 g/mol. The first-order valence-corrected chi connectivity index (χ1v) is 2.26. The lowest BCUT2D eigenvalue weighted by molar-refractivity contribution is 0.0802. The molecule has 5 heteroatoms. The molecule has 0 fully saturated rings. The van der Waals surface area contributed by atoms with Gasteiger partial charge in [-0.3, -0.25) is 0 Å². The van der Waals surface area contributed by atoms with Crippen molar-refractivity contribution in [1.29, 1.82) is 0 Å². The van der Waals surface area contributed by atoms with E-state index in [1.54, 1.807) is 0 Å². The van der Waals surface area contributed by atoms with Gasteiger partial charge in [0.1, 0.15) is 0 Å². The van der Waals surface area contributed by atoms with Crippen LogP contribution in [0.1, 0.15) is 13.8 Å². The fourth-order valence-corrected chi connectivity index (χ4v) is 0.0747. The van der Waals surface area contributed by atoms with Crippen molar-refractivity contribution in [3.8, 4) is 0 Å². The van der Waals surface area contributed by atoms with E-state index in [1.165, 1.54) is 0 Å². The van der Waals surface area contributed by atoms with Gasteiger partial charge in [-0.25, -0.2) is 9.59 Å². The highest BCUT2D eigenvalue weighted by Crippen LogP contribution is 1.73. The Kier molecular flexibility index (Phi) is 7.99. The molecule has 0 aromatic carbocycles. The van der Waals surface area contributed by atoms with Crippen LogP contribution in [-0.2, 0) is 4.74 Å². The van der Waals surface area contributed by atoms with Crippen molar-refractivity contribution in [2.45, 2.75) is 13.8 Å². The SMILES string of the molecule is CC.O=C(O)OC(=O)O. The van der Waals surface area contributed by atoms with Crippen LogP contribution in [-0.4, -0.2) is 22.5 Å². The van der Waals surface area contributed by atoms with E-state index in [9.17, 15) is 9.59 Å². The van der Waals surface area contributed by atoms with E-state index in [-0.39, 0.29) is 0 Å². The third-order valence-electron chi connectivity index (χ3n) is 0.175. The zero-order chi connectivity index (χ0) is 7.86.